The first-order valence-electron chi connectivity index (χ1n) is 9.75. The summed E-state index contributed by atoms with van der Waals surface area (Å²) >= 11 is 0. The van der Waals surface area contributed by atoms with Gasteiger partial charge in [-0.3, -0.25) is 19.9 Å². The van der Waals surface area contributed by atoms with E-state index in [2.05, 4.69) is 19.9 Å². The summed E-state index contributed by atoms with van der Waals surface area (Å²) in [6.45, 7) is 0. The molecule has 12 nitrogen and oxygen atoms in total. The van der Waals surface area contributed by atoms with Crippen LogP contribution >= 0.6 is 0 Å². The van der Waals surface area contributed by atoms with Gasteiger partial charge in [-0.15, -0.1) is 0 Å². The number of aromatic carboxylic acids is 4. The zero-order valence-corrected chi connectivity index (χ0v) is 18.4. The number of aromatic nitrogens is 4. The number of hydrogen-bond acceptors (Lipinski definition) is 8. The Labute approximate surface area is 204 Å². The van der Waals surface area contributed by atoms with Crippen LogP contribution in [0.4, 0.5) is 0 Å². The van der Waals surface area contributed by atoms with Crippen molar-refractivity contribution in [2.45, 2.75) is 0 Å². The first-order chi connectivity index (χ1) is 17.2. The largest absolute Gasteiger partial charge is 0.478 e. The smallest absolute Gasteiger partial charge is 0.337 e. The fourth-order valence-corrected chi connectivity index (χ4v) is 1.96. The minimum atomic E-state index is -0.942. The third-order valence-corrected chi connectivity index (χ3v) is 3.63. The molecule has 0 amide bonds. The van der Waals surface area contributed by atoms with Crippen molar-refractivity contribution >= 4 is 23.9 Å². The van der Waals surface area contributed by atoms with Crippen LogP contribution in [0.5, 0.6) is 0 Å². The molecule has 0 aliphatic carbocycles. The van der Waals surface area contributed by atoms with Crippen molar-refractivity contribution in [1.29, 1.82) is 0 Å². The topological polar surface area (TPSA) is 201 Å². The van der Waals surface area contributed by atoms with Crippen LogP contribution in [-0.2, 0) is 0 Å². The molecule has 0 aliphatic heterocycles. The summed E-state index contributed by atoms with van der Waals surface area (Å²) < 4.78 is 0. The molecule has 184 valence electrons. The molecule has 4 rings (SSSR count). The van der Waals surface area contributed by atoms with E-state index in [9.17, 15) is 19.2 Å². The van der Waals surface area contributed by atoms with E-state index in [1.54, 1.807) is 24.3 Å². The molecule has 4 N–H and O–H groups in total. The molecule has 0 atom stereocenters. The van der Waals surface area contributed by atoms with Gasteiger partial charge in [0.1, 0.15) is 0 Å². The predicted octanol–water partition coefficient (Wildman–Crippen LogP) is 3.12. The molecule has 4 heterocycles. The van der Waals surface area contributed by atoms with Crippen molar-refractivity contribution in [2.75, 3.05) is 0 Å². The molecule has 0 fully saturated rings. The summed E-state index contributed by atoms with van der Waals surface area (Å²) in [6, 6.07) is 12.3. The molecular weight excluding hydrogens is 472 g/mol. The second kappa shape index (κ2) is 16.1. The van der Waals surface area contributed by atoms with E-state index in [1.165, 1.54) is 73.8 Å². The summed E-state index contributed by atoms with van der Waals surface area (Å²) in [7, 11) is 0. The van der Waals surface area contributed by atoms with Gasteiger partial charge in [-0.25, -0.2) is 19.2 Å². The maximum absolute atomic E-state index is 10.2. The third kappa shape index (κ3) is 11.9. The molecule has 4 aromatic heterocycles. The van der Waals surface area contributed by atoms with Gasteiger partial charge in [-0.1, -0.05) is 0 Å². The van der Waals surface area contributed by atoms with E-state index in [0.29, 0.717) is 0 Å². The van der Waals surface area contributed by atoms with Crippen LogP contribution in [0.15, 0.2) is 98.1 Å². The summed E-state index contributed by atoms with van der Waals surface area (Å²) in [5, 5.41) is 33.4. The highest BCUT2D eigenvalue weighted by atomic mass is 16.4. The Morgan fingerprint density at radius 3 is 0.694 bits per heavy atom. The maximum atomic E-state index is 10.2. The van der Waals surface area contributed by atoms with Crippen molar-refractivity contribution in [2.24, 2.45) is 0 Å². The van der Waals surface area contributed by atoms with Crippen LogP contribution in [-0.4, -0.2) is 64.2 Å². The molecule has 4 aromatic rings. The number of pyridine rings is 4. The lowest BCUT2D eigenvalue weighted by Gasteiger charge is -1.87. The fourth-order valence-electron chi connectivity index (χ4n) is 1.96. The van der Waals surface area contributed by atoms with Gasteiger partial charge in [0.15, 0.2) is 0 Å². The lowest BCUT2D eigenvalue weighted by Crippen LogP contribution is -1.94. The minimum absolute atomic E-state index is 0.220. The average molecular weight is 492 g/mol. The van der Waals surface area contributed by atoms with Crippen molar-refractivity contribution in [3.63, 3.8) is 0 Å². The molecule has 12 heteroatoms. The standard InChI is InChI=1S/4C6H5NO2/c4*8-6(9)5-2-1-3-7-4-5/h4*1-4H,(H,8,9). The van der Waals surface area contributed by atoms with E-state index in [0.717, 1.165) is 0 Å². The monoisotopic (exact) mass is 492 g/mol. The zero-order valence-electron chi connectivity index (χ0n) is 18.4. The van der Waals surface area contributed by atoms with Crippen LogP contribution < -0.4 is 0 Å². The molecule has 0 aliphatic rings. The maximum Gasteiger partial charge on any atom is 0.337 e. The Morgan fingerprint density at radius 2 is 0.611 bits per heavy atom. The van der Waals surface area contributed by atoms with Crippen molar-refractivity contribution in [3.05, 3.63) is 120 Å². The lowest BCUT2D eigenvalue weighted by atomic mass is 10.3. The first kappa shape index (κ1) is 28.5. The van der Waals surface area contributed by atoms with Crippen LogP contribution in [0.1, 0.15) is 41.4 Å². The van der Waals surface area contributed by atoms with E-state index < -0.39 is 23.9 Å². The average Bonchev–Trinajstić information content (AvgIpc) is 2.92. The van der Waals surface area contributed by atoms with Gasteiger partial charge in [-0.2, -0.15) is 0 Å². The molecule has 0 spiro atoms. The van der Waals surface area contributed by atoms with Crippen LogP contribution in [0, 0.1) is 0 Å². The van der Waals surface area contributed by atoms with Crippen LogP contribution in [0.25, 0.3) is 0 Å². The number of nitrogens with zero attached hydrogens (tertiary/aromatic N) is 4. The Morgan fingerprint density at radius 1 is 0.417 bits per heavy atom. The minimum Gasteiger partial charge on any atom is -0.478 e. The highest BCUT2D eigenvalue weighted by Gasteiger charge is 1.99. The second-order valence-electron chi connectivity index (χ2n) is 6.19. The Bertz CT molecular complexity index is 1030. The SMILES string of the molecule is O=C(O)c1cccnc1.O=C(O)c1cccnc1.O=C(O)c1cccnc1.O=C(O)c1cccnc1. The Hall–Kier alpha value is -5.52. The van der Waals surface area contributed by atoms with Gasteiger partial charge >= 0.3 is 23.9 Å². The fraction of sp³-hybridized carbons (Fsp3) is 0. The van der Waals surface area contributed by atoms with Crippen molar-refractivity contribution < 1.29 is 39.6 Å². The normalized spacial score (nSPS) is 8.89. The van der Waals surface area contributed by atoms with Crippen molar-refractivity contribution in [1.82, 2.24) is 19.9 Å². The summed E-state index contributed by atoms with van der Waals surface area (Å²) in [4.78, 5) is 55.1. The van der Waals surface area contributed by atoms with Gasteiger partial charge in [0.25, 0.3) is 0 Å². The molecule has 0 saturated heterocycles. The van der Waals surface area contributed by atoms with E-state index in [1.807, 2.05) is 0 Å². The van der Waals surface area contributed by atoms with Gasteiger partial charge in [0.2, 0.25) is 0 Å². The number of carboxylic acid groups (broad SMARTS) is 4. The highest BCUT2D eigenvalue weighted by Crippen LogP contribution is 1.95. The summed E-state index contributed by atoms with van der Waals surface area (Å²) in [6.07, 6.45) is 11.4. The number of hydrogen-bond donors (Lipinski definition) is 4. The Balaban J connectivity index is 0.000000240. The molecule has 0 saturated carbocycles. The van der Waals surface area contributed by atoms with Crippen LogP contribution in [0.2, 0.25) is 0 Å². The van der Waals surface area contributed by atoms with E-state index in [-0.39, 0.29) is 22.3 Å². The molecule has 0 unspecified atom stereocenters. The van der Waals surface area contributed by atoms with Crippen molar-refractivity contribution in [3.8, 4) is 0 Å². The van der Waals surface area contributed by atoms with Gasteiger partial charge < -0.3 is 20.4 Å². The van der Waals surface area contributed by atoms with Gasteiger partial charge in [0.05, 0.1) is 22.3 Å². The number of carbonyl (C=O) groups is 4. The number of rotatable bonds is 4. The van der Waals surface area contributed by atoms with Gasteiger partial charge in [0, 0.05) is 49.6 Å². The molecule has 0 radical (unpaired) electrons. The molecule has 0 bridgehead atoms. The zero-order chi connectivity index (χ0) is 26.8. The second-order valence-corrected chi connectivity index (χ2v) is 6.19. The van der Waals surface area contributed by atoms with Gasteiger partial charge in [-0.05, 0) is 48.5 Å². The van der Waals surface area contributed by atoms with E-state index >= 15 is 0 Å². The first-order valence-corrected chi connectivity index (χ1v) is 9.75. The lowest BCUT2D eigenvalue weighted by molar-refractivity contribution is 0.0685. The molecule has 0 aromatic carbocycles. The molecular formula is C24H20N4O8. The quantitative estimate of drug-likeness (QED) is 0.325. The molecule has 36 heavy (non-hydrogen) atoms. The summed E-state index contributed by atoms with van der Waals surface area (Å²) in [5.41, 5.74) is 0.880. The predicted molar refractivity (Wildman–Crippen MR) is 125 cm³/mol. The van der Waals surface area contributed by atoms with E-state index in [4.69, 9.17) is 20.4 Å². The Kier molecular flexibility index (Phi) is 12.8. The number of carboxylic acids is 4. The highest BCUT2D eigenvalue weighted by molar-refractivity contribution is 5.88. The third-order valence-electron chi connectivity index (χ3n) is 3.63. The van der Waals surface area contributed by atoms with Crippen LogP contribution in [0.3, 0.4) is 0 Å². The summed E-state index contributed by atoms with van der Waals surface area (Å²) in [5.74, 6) is -3.77.